The SMILES string of the molecule is COc1cc(N2CCCC2)c(OC)cc1/C=N/NC(=O)c1ccccc1O. The zero-order valence-corrected chi connectivity index (χ0v) is 15.4. The summed E-state index contributed by atoms with van der Waals surface area (Å²) in [5.41, 5.74) is 4.23. The highest BCUT2D eigenvalue weighted by Gasteiger charge is 2.19. The fourth-order valence-corrected chi connectivity index (χ4v) is 3.10. The third kappa shape index (κ3) is 4.13. The number of para-hydroxylation sites is 1. The number of hydrazone groups is 1. The zero-order valence-electron chi connectivity index (χ0n) is 15.4. The van der Waals surface area contributed by atoms with Gasteiger partial charge in [0, 0.05) is 24.7 Å². The first-order chi connectivity index (χ1) is 13.1. The Morgan fingerprint density at radius 2 is 1.85 bits per heavy atom. The number of hydrogen-bond acceptors (Lipinski definition) is 6. The van der Waals surface area contributed by atoms with Gasteiger partial charge in [-0.3, -0.25) is 4.79 Å². The van der Waals surface area contributed by atoms with Crippen molar-refractivity contribution in [2.45, 2.75) is 12.8 Å². The number of anilines is 1. The minimum absolute atomic E-state index is 0.0978. The van der Waals surface area contributed by atoms with E-state index in [1.165, 1.54) is 18.3 Å². The number of phenols is 1. The Balaban J connectivity index is 1.80. The number of carbonyl (C=O) groups is 1. The van der Waals surface area contributed by atoms with Crippen LogP contribution in [0.25, 0.3) is 0 Å². The lowest BCUT2D eigenvalue weighted by Gasteiger charge is -2.22. The second-order valence-corrected chi connectivity index (χ2v) is 6.18. The van der Waals surface area contributed by atoms with E-state index in [-0.39, 0.29) is 11.3 Å². The molecule has 7 nitrogen and oxygen atoms in total. The van der Waals surface area contributed by atoms with Gasteiger partial charge >= 0.3 is 0 Å². The van der Waals surface area contributed by atoms with Gasteiger partial charge in [0.15, 0.2) is 0 Å². The first-order valence-corrected chi connectivity index (χ1v) is 8.76. The van der Waals surface area contributed by atoms with Crippen LogP contribution in [0.4, 0.5) is 5.69 Å². The maximum atomic E-state index is 12.1. The molecule has 7 heteroatoms. The van der Waals surface area contributed by atoms with Crippen molar-refractivity contribution in [1.29, 1.82) is 0 Å². The molecule has 1 saturated heterocycles. The van der Waals surface area contributed by atoms with Crippen molar-refractivity contribution in [3.8, 4) is 17.2 Å². The number of carbonyl (C=O) groups excluding carboxylic acids is 1. The lowest BCUT2D eigenvalue weighted by Crippen LogP contribution is -2.19. The van der Waals surface area contributed by atoms with Crippen LogP contribution in [0.5, 0.6) is 17.2 Å². The lowest BCUT2D eigenvalue weighted by molar-refractivity contribution is 0.0952. The van der Waals surface area contributed by atoms with Crippen LogP contribution in [0.1, 0.15) is 28.8 Å². The van der Waals surface area contributed by atoms with E-state index in [0.29, 0.717) is 11.3 Å². The van der Waals surface area contributed by atoms with E-state index >= 15 is 0 Å². The molecule has 1 aliphatic heterocycles. The normalized spacial score (nSPS) is 13.8. The Morgan fingerprint density at radius 3 is 2.52 bits per heavy atom. The van der Waals surface area contributed by atoms with Crippen LogP contribution in [0.2, 0.25) is 0 Å². The first kappa shape index (κ1) is 18.6. The van der Waals surface area contributed by atoms with Crippen molar-refractivity contribution in [3.05, 3.63) is 47.5 Å². The van der Waals surface area contributed by atoms with Crippen LogP contribution >= 0.6 is 0 Å². The van der Waals surface area contributed by atoms with E-state index in [9.17, 15) is 9.90 Å². The van der Waals surface area contributed by atoms with Gasteiger partial charge in [-0.1, -0.05) is 12.1 Å². The largest absolute Gasteiger partial charge is 0.507 e. The van der Waals surface area contributed by atoms with Gasteiger partial charge in [-0.2, -0.15) is 5.10 Å². The molecule has 27 heavy (non-hydrogen) atoms. The van der Waals surface area contributed by atoms with Crippen molar-refractivity contribution in [1.82, 2.24) is 5.43 Å². The number of nitrogens with one attached hydrogen (secondary N) is 1. The van der Waals surface area contributed by atoms with Crippen LogP contribution in [-0.2, 0) is 0 Å². The maximum Gasteiger partial charge on any atom is 0.275 e. The number of rotatable bonds is 6. The number of amides is 1. The molecule has 0 unspecified atom stereocenters. The minimum atomic E-state index is -0.496. The second-order valence-electron chi connectivity index (χ2n) is 6.18. The average molecular weight is 369 g/mol. The highest BCUT2D eigenvalue weighted by Crippen LogP contribution is 2.36. The molecule has 2 N–H and O–H groups in total. The molecule has 2 aromatic rings. The minimum Gasteiger partial charge on any atom is -0.507 e. The number of phenolic OH excluding ortho intramolecular Hbond substituents is 1. The number of methoxy groups -OCH3 is 2. The predicted molar refractivity (Wildman–Crippen MR) is 104 cm³/mol. The Labute approximate surface area is 158 Å². The smallest absolute Gasteiger partial charge is 0.275 e. The zero-order chi connectivity index (χ0) is 19.2. The van der Waals surface area contributed by atoms with Crippen molar-refractivity contribution >= 4 is 17.8 Å². The van der Waals surface area contributed by atoms with Gasteiger partial charge in [0.25, 0.3) is 5.91 Å². The molecule has 1 heterocycles. The van der Waals surface area contributed by atoms with Crippen molar-refractivity contribution < 1.29 is 19.4 Å². The number of hydrogen-bond donors (Lipinski definition) is 2. The maximum absolute atomic E-state index is 12.1. The monoisotopic (exact) mass is 369 g/mol. The van der Waals surface area contributed by atoms with Crippen LogP contribution in [0.15, 0.2) is 41.5 Å². The number of ether oxygens (including phenoxy) is 2. The van der Waals surface area contributed by atoms with E-state index in [1.807, 2.05) is 12.1 Å². The Hall–Kier alpha value is -3.22. The van der Waals surface area contributed by atoms with E-state index < -0.39 is 5.91 Å². The van der Waals surface area contributed by atoms with Gasteiger partial charge in [-0.25, -0.2) is 5.43 Å². The lowest BCUT2D eigenvalue weighted by atomic mass is 10.1. The second kappa shape index (κ2) is 8.44. The molecule has 0 bridgehead atoms. The molecule has 1 fully saturated rings. The molecule has 142 valence electrons. The molecule has 0 saturated carbocycles. The summed E-state index contributed by atoms with van der Waals surface area (Å²) in [5, 5.41) is 13.7. The summed E-state index contributed by atoms with van der Waals surface area (Å²) in [6.45, 7) is 1.98. The molecule has 2 aromatic carbocycles. The van der Waals surface area contributed by atoms with Crippen molar-refractivity contribution in [2.24, 2.45) is 5.10 Å². The predicted octanol–water partition coefficient (Wildman–Crippen LogP) is 2.77. The molecular formula is C20H23N3O4. The summed E-state index contributed by atoms with van der Waals surface area (Å²) in [7, 11) is 3.22. The molecule has 0 radical (unpaired) electrons. The van der Waals surface area contributed by atoms with E-state index in [0.717, 1.165) is 37.4 Å². The molecule has 0 spiro atoms. The van der Waals surface area contributed by atoms with Gasteiger partial charge in [-0.05, 0) is 31.0 Å². The van der Waals surface area contributed by atoms with E-state index in [1.54, 1.807) is 26.4 Å². The summed E-state index contributed by atoms with van der Waals surface area (Å²) >= 11 is 0. The quantitative estimate of drug-likeness (QED) is 0.604. The van der Waals surface area contributed by atoms with Crippen LogP contribution in [0.3, 0.4) is 0 Å². The summed E-state index contributed by atoms with van der Waals surface area (Å²) in [6, 6.07) is 10.1. The number of benzene rings is 2. The topological polar surface area (TPSA) is 83.4 Å². The third-order valence-electron chi connectivity index (χ3n) is 4.50. The molecule has 0 aromatic heterocycles. The van der Waals surface area contributed by atoms with Gasteiger partial charge in [0.2, 0.25) is 0 Å². The van der Waals surface area contributed by atoms with E-state index in [4.69, 9.17) is 9.47 Å². The van der Waals surface area contributed by atoms with Gasteiger partial charge in [0.1, 0.15) is 17.2 Å². The third-order valence-corrected chi connectivity index (χ3v) is 4.50. The standard InChI is InChI=1S/C20H23N3O4/c1-26-18-12-16(23-9-5-6-10-23)19(27-2)11-14(18)13-21-22-20(25)15-7-3-4-8-17(15)24/h3-4,7-8,11-13,24H,5-6,9-10H2,1-2H3,(H,22,25)/b21-13+. The highest BCUT2D eigenvalue weighted by atomic mass is 16.5. The number of aromatic hydroxyl groups is 1. The summed E-state index contributed by atoms with van der Waals surface area (Å²) in [6.07, 6.45) is 3.81. The van der Waals surface area contributed by atoms with Crippen LogP contribution < -0.4 is 19.8 Å². The van der Waals surface area contributed by atoms with Crippen LogP contribution in [-0.4, -0.2) is 44.5 Å². The molecule has 0 atom stereocenters. The average Bonchev–Trinajstić information content (AvgIpc) is 3.22. The summed E-state index contributed by atoms with van der Waals surface area (Å²) < 4.78 is 11.0. The first-order valence-electron chi connectivity index (χ1n) is 8.76. The molecule has 0 aliphatic carbocycles. The molecule has 3 rings (SSSR count). The number of nitrogens with zero attached hydrogens (tertiary/aromatic N) is 2. The highest BCUT2D eigenvalue weighted by molar-refractivity contribution is 5.97. The van der Waals surface area contributed by atoms with Gasteiger partial charge in [0.05, 0.1) is 31.7 Å². The van der Waals surface area contributed by atoms with Crippen LogP contribution in [0, 0.1) is 0 Å². The molecule has 1 amide bonds. The molecular weight excluding hydrogens is 346 g/mol. The van der Waals surface area contributed by atoms with Crippen molar-refractivity contribution in [2.75, 3.05) is 32.2 Å². The summed E-state index contributed by atoms with van der Waals surface area (Å²) in [4.78, 5) is 14.4. The molecule has 1 aliphatic rings. The van der Waals surface area contributed by atoms with Gasteiger partial charge in [-0.15, -0.1) is 0 Å². The fourth-order valence-electron chi connectivity index (χ4n) is 3.10. The Morgan fingerprint density at radius 1 is 1.15 bits per heavy atom. The van der Waals surface area contributed by atoms with Gasteiger partial charge < -0.3 is 19.5 Å². The summed E-state index contributed by atoms with van der Waals surface area (Å²) in [5.74, 6) is 0.771. The van der Waals surface area contributed by atoms with E-state index in [2.05, 4.69) is 15.4 Å². The Kier molecular flexibility index (Phi) is 5.80. The Bertz CT molecular complexity index is 845. The van der Waals surface area contributed by atoms with Crippen molar-refractivity contribution in [3.63, 3.8) is 0 Å². The fraction of sp³-hybridized carbons (Fsp3) is 0.300.